The van der Waals surface area contributed by atoms with Crippen molar-refractivity contribution in [2.24, 2.45) is 5.73 Å². The molecule has 1 heterocycles. The summed E-state index contributed by atoms with van der Waals surface area (Å²) < 4.78 is 10.7. The van der Waals surface area contributed by atoms with E-state index in [1.165, 1.54) is 0 Å². The Kier molecular flexibility index (Phi) is 4.44. The van der Waals surface area contributed by atoms with Crippen LogP contribution in [0.3, 0.4) is 0 Å². The smallest absolute Gasteiger partial charge is 0.228 e. The molecule has 2 N–H and O–H groups in total. The third-order valence-electron chi connectivity index (χ3n) is 2.12. The topological polar surface area (TPSA) is 74.2 Å². The first-order chi connectivity index (χ1) is 7.46. The van der Waals surface area contributed by atoms with Gasteiger partial charge in [-0.3, -0.25) is 0 Å². The van der Waals surface area contributed by atoms with E-state index in [1.54, 1.807) is 0 Å². The van der Waals surface area contributed by atoms with E-state index >= 15 is 0 Å². The monoisotopic (exact) mass is 227 g/mol. The van der Waals surface area contributed by atoms with Crippen molar-refractivity contribution >= 4 is 0 Å². The van der Waals surface area contributed by atoms with Gasteiger partial charge in [0.15, 0.2) is 0 Å². The minimum absolute atomic E-state index is 0.0802. The van der Waals surface area contributed by atoms with Crippen molar-refractivity contribution in [2.75, 3.05) is 6.61 Å². The Labute approximate surface area is 96.4 Å². The van der Waals surface area contributed by atoms with Crippen LogP contribution in [0.5, 0.6) is 0 Å². The van der Waals surface area contributed by atoms with Crippen LogP contribution in [0.15, 0.2) is 4.52 Å². The molecule has 5 heteroatoms. The van der Waals surface area contributed by atoms with Crippen LogP contribution >= 0.6 is 0 Å². The van der Waals surface area contributed by atoms with E-state index in [0.29, 0.717) is 24.7 Å². The lowest BCUT2D eigenvalue weighted by Crippen LogP contribution is -2.34. The van der Waals surface area contributed by atoms with E-state index < -0.39 is 0 Å². The molecular formula is C11H21N3O2. The van der Waals surface area contributed by atoms with E-state index in [1.807, 2.05) is 27.7 Å². The fraction of sp³-hybridized carbons (Fsp3) is 0.818. The van der Waals surface area contributed by atoms with E-state index in [-0.39, 0.29) is 11.6 Å². The second-order valence-electron chi connectivity index (χ2n) is 4.56. The average molecular weight is 227 g/mol. The summed E-state index contributed by atoms with van der Waals surface area (Å²) in [4.78, 5) is 4.30. The van der Waals surface area contributed by atoms with Gasteiger partial charge in [-0.2, -0.15) is 4.98 Å². The van der Waals surface area contributed by atoms with E-state index in [0.717, 1.165) is 6.42 Å². The van der Waals surface area contributed by atoms with Crippen LogP contribution in [-0.4, -0.2) is 22.3 Å². The maximum atomic E-state index is 5.89. The van der Waals surface area contributed by atoms with Gasteiger partial charge in [0.1, 0.15) is 6.10 Å². The first-order valence-corrected chi connectivity index (χ1v) is 5.69. The minimum Gasteiger partial charge on any atom is -0.370 e. The Balaban J connectivity index is 2.69. The van der Waals surface area contributed by atoms with Gasteiger partial charge in [-0.05, 0) is 27.2 Å². The van der Waals surface area contributed by atoms with Crippen molar-refractivity contribution in [3.63, 3.8) is 0 Å². The zero-order valence-electron chi connectivity index (χ0n) is 10.5. The van der Waals surface area contributed by atoms with Crippen LogP contribution < -0.4 is 5.73 Å². The number of nitrogens with zero attached hydrogens (tertiary/aromatic N) is 2. The highest BCUT2D eigenvalue weighted by Crippen LogP contribution is 2.18. The molecule has 0 amide bonds. The Morgan fingerprint density at radius 3 is 2.62 bits per heavy atom. The molecule has 0 radical (unpaired) electrons. The number of hydrogen-bond acceptors (Lipinski definition) is 5. The number of rotatable bonds is 6. The summed E-state index contributed by atoms with van der Waals surface area (Å²) in [5.74, 6) is 1.18. The van der Waals surface area contributed by atoms with Gasteiger partial charge in [-0.25, -0.2) is 0 Å². The van der Waals surface area contributed by atoms with Crippen molar-refractivity contribution in [3.8, 4) is 0 Å². The van der Waals surface area contributed by atoms with Gasteiger partial charge >= 0.3 is 0 Å². The van der Waals surface area contributed by atoms with Gasteiger partial charge < -0.3 is 15.0 Å². The van der Waals surface area contributed by atoms with E-state index in [9.17, 15) is 0 Å². The Morgan fingerprint density at radius 1 is 1.44 bits per heavy atom. The predicted molar refractivity (Wildman–Crippen MR) is 60.9 cm³/mol. The minimum atomic E-state index is -0.336. The molecule has 0 fully saturated rings. The Hall–Kier alpha value is -0.940. The second kappa shape index (κ2) is 5.41. The number of ether oxygens (including phenoxy) is 1. The lowest BCUT2D eigenvalue weighted by Gasteiger charge is -2.14. The van der Waals surface area contributed by atoms with Gasteiger partial charge in [0.05, 0.1) is 0 Å². The van der Waals surface area contributed by atoms with Crippen LogP contribution in [0, 0.1) is 0 Å². The molecule has 16 heavy (non-hydrogen) atoms. The summed E-state index contributed by atoms with van der Waals surface area (Å²) in [7, 11) is 0. The molecule has 0 spiro atoms. The molecule has 0 saturated carbocycles. The van der Waals surface area contributed by atoms with Crippen molar-refractivity contribution in [3.05, 3.63) is 11.7 Å². The molecule has 0 bridgehead atoms. The molecule has 1 rings (SSSR count). The van der Waals surface area contributed by atoms with Gasteiger partial charge in [-0.1, -0.05) is 12.1 Å². The highest BCUT2D eigenvalue weighted by Gasteiger charge is 2.20. The number of nitrogens with two attached hydrogens (primary N) is 1. The average Bonchev–Trinajstić information content (AvgIpc) is 2.59. The molecule has 0 aliphatic rings. The molecule has 92 valence electrons. The normalized spacial score (nSPS) is 14.1. The van der Waals surface area contributed by atoms with Crippen molar-refractivity contribution in [2.45, 2.75) is 52.2 Å². The second-order valence-corrected chi connectivity index (χ2v) is 4.56. The fourth-order valence-electron chi connectivity index (χ4n) is 1.44. The van der Waals surface area contributed by atoms with E-state index in [4.69, 9.17) is 15.0 Å². The largest absolute Gasteiger partial charge is 0.370 e. The zero-order chi connectivity index (χ0) is 12.2. The number of hydrogen-bond donors (Lipinski definition) is 1. The summed E-state index contributed by atoms with van der Waals surface area (Å²) in [6, 6.07) is 0. The maximum Gasteiger partial charge on any atom is 0.228 e. The fourth-order valence-corrected chi connectivity index (χ4v) is 1.44. The first-order valence-electron chi connectivity index (χ1n) is 5.69. The third kappa shape index (κ3) is 3.90. The first kappa shape index (κ1) is 13.1. The van der Waals surface area contributed by atoms with Crippen LogP contribution in [0.4, 0.5) is 0 Å². The van der Waals surface area contributed by atoms with Gasteiger partial charge in [0.25, 0.3) is 0 Å². The SMILES string of the molecule is CCOC(CC)c1noc(CC(C)(C)N)n1. The van der Waals surface area contributed by atoms with Gasteiger partial charge in [0.2, 0.25) is 11.7 Å². The molecule has 0 aliphatic carbocycles. The third-order valence-corrected chi connectivity index (χ3v) is 2.12. The standard InChI is InChI=1S/C11H21N3O2/c1-5-8(15-6-2)10-13-9(16-14-10)7-11(3,4)12/h8H,5-7,12H2,1-4H3. The maximum absolute atomic E-state index is 5.89. The molecule has 1 unspecified atom stereocenters. The van der Waals surface area contributed by atoms with Crippen molar-refractivity contribution in [1.29, 1.82) is 0 Å². The molecule has 0 aromatic carbocycles. The summed E-state index contributed by atoms with van der Waals surface area (Å²) in [6.07, 6.45) is 1.32. The highest BCUT2D eigenvalue weighted by atomic mass is 16.5. The molecule has 1 atom stereocenters. The highest BCUT2D eigenvalue weighted by molar-refractivity contribution is 4.95. The van der Waals surface area contributed by atoms with Crippen LogP contribution in [-0.2, 0) is 11.2 Å². The molecular weight excluding hydrogens is 206 g/mol. The lowest BCUT2D eigenvalue weighted by atomic mass is 10.0. The molecule has 0 saturated heterocycles. The summed E-state index contributed by atoms with van der Waals surface area (Å²) in [5, 5.41) is 3.92. The summed E-state index contributed by atoms with van der Waals surface area (Å²) >= 11 is 0. The molecule has 1 aromatic heterocycles. The summed E-state index contributed by atoms with van der Waals surface area (Å²) in [5.41, 5.74) is 5.55. The Bertz CT molecular complexity index is 317. The van der Waals surface area contributed by atoms with Crippen LogP contribution in [0.2, 0.25) is 0 Å². The van der Waals surface area contributed by atoms with Crippen LogP contribution in [0.25, 0.3) is 0 Å². The van der Waals surface area contributed by atoms with Crippen molar-refractivity contribution in [1.82, 2.24) is 10.1 Å². The van der Waals surface area contributed by atoms with E-state index in [2.05, 4.69) is 10.1 Å². The molecule has 0 aliphatic heterocycles. The molecule has 5 nitrogen and oxygen atoms in total. The lowest BCUT2D eigenvalue weighted by molar-refractivity contribution is 0.0518. The quantitative estimate of drug-likeness (QED) is 0.802. The Morgan fingerprint density at radius 2 is 2.12 bits per heavy atom. The summed E-state index contributed by atoms with van der Waals surface area (Å²) in [6.45, 7) is 8.48. The predicted octanol–water partition coefficient (Wildman–Crippen LogP) is 1.84. The molecule has 1 aromatic rings. The van der Waals surface area contributed by atoms with Gasteiger partial charge in [-0.15, -0.1) is 0 Å². The zero-order valence-corrected chi connectivity index (χ0v) is 10.5. The number of aromatic nitrogens is 2. The van der Waals surface area contributed by atoms with Gasteiger partial charge in [0, 0.05) is 18.6 Å². The van der Waals surface area contributed by atoms with Crippen LogP contribution in [0.1, 0.15) is 51.9 Å². The van der Waals surface area contributed by atoms with Crippen molar-refractivity contribution < 1.29 is 9.26 Å².